The van der Waals surface area contributed by atoms with Crippen molar-refractivity contribution in [2.45, 2.75) is 44.3 Å². The highest BCUT2D eigenvalue weighted by Gasteiger charge is 2.25. The van der Waals surface area contributed by atoms with E-state index < -0.39 is 10.0 Å². The summed E-state index contributed by atoms with van der Waals surface area (Å²) in [5.41, 5.74) is 3.10. The highest BCUT2D eigenvalue weighted by atomic mass is 32.2. The summed E-state index contributed by atoms with van der Waals surface area (Å²) in [6.45, 7) is 8.68. The molecule has 0 saturated carbocycles. The number of furan rings is 1. The number of anilines is 1. The van der Waals surface area contributed by atoms with Gasteiger partial charge in [0.15, 0.2) is 0 Å². The van der Waals surface area contributed by atoms with Crippen LogP contribution in [0, 0.1) is 6.92 Å². The zero-order valence-electron chi connectivity index (χ0n) is 17.0. The first-order valence-electron chi connectivity index (χ1n) is 9.89. The molecule has 1 aliphatic rings. The Morgan fingerprint density at radius 2 is 2.00 bits per heavy atom. The molecule has 1 aliphatic heterocycles. The summed E-state index contributed by atoms with van der Waals surface area (Å²) < 4.78 is 34.7. The summed E-state index contributed by atoms with van der Waals surface area (Å²) in [4.78, 5) is 2.62. The minimum absolute atomic E-state index is 0.250. The van der Waals surface area contributed by atoms with Crippen LogP contribution in [-0.2, 0) is 16.6 Å². The van der Waals surface area contributed by atoms with E-state index in [9.17, 15) is 8.42 Å². The third kappa shape index (κ3) is 4.17. The number of benzene rings is 2. The third-order valence-corrected chi connectivity index (χ3v) is 6.91. The molecule has 0 aliphatic carbocycles. The number of hydrogen-bond donors (Lipinski definition) is 2. The average Bonchev–Trinajstić information content (AvgIpc) is 3.15. The van der Waals surface area contributed by atoms with Gasteiger partial charge in [-0.1, -0.05) is 18.2 Å². The van der Waals surface area contributed by atoms with Crippen LogP contribution in [0.4, 0.5) is 5.69 Å². The van der Waals surface area contributed by atoms with Crippen LogP contribution in [0.25, 0.3) is 11.0 Å². The number of fused-ring (bicyclic) bond motifs is 1. The number of aryl methyl sites for hydroxylation is 1. The molecule has 0 radical (unpaired) electrons. The summed E-state index contributed by atoms with van der Waals surface area (Å²) in [5, 5.41) is 4.27. The molecule has 2 unspecified atom stereocenters. The lowest BCUT2D eigenvalue weighted by molar-refractivity contribution is 0.139. The maximum atomic E-state index is 13.1. The summed E-state index contributed by atoms with van der Waals surface area (Å²) in [7, 11) is -3.72. The van der Waals surface area contributed by atoms with E-state index in [0.29, 0.717) is 24.3 Å². The monoisotopic (exact) mass is 413 g/mol. The predicted molar refractivity (Wildman–Crippen MR) is 116 cm³/mol. The van der Waals surface area contributed by atoms with Crippen LogP contribution >= 0.6 is 0 Å². The van der Waals surface area contributed by atoms with E-state index in [2.05, 4.69) is 28.8 Å². The van der Waals surface area contributed by atoms with Gasteiger partial charge >= 0.3 is 0 Å². The quantitative estimate of drug-likeness (QED) is 0.667. The Morgan fingerprint density at radius 3 is 2.79 bits per heavy atom. The molecule has 0 bridgehead atoms. The van der Waals surface area contributed by atoms with Crippen molar-refractivity contribution >= 4 is 26.7 Å². The first-order chi connectivity index (χ1) is 13.8. The molecule has 2 N–H and O–H groups in total. The summed E-state index contributed by atoms with van der Waals surface area (Å²) in [6, 6.07) is 13.4. The Balaban J connectivity index is 1.70. The smallest absolute Gasteiger partial charge is 0.261 e. The molecular formula is C22H27N3O3S. The summed E-state index contributed by atoms with van der Waals surface area (Å²) in [6.07, 6.45) is 1.61. The van der Waals surface area contributed by atoms with Crippen molar-refractivity contribution in [1.82, 2.24) is 10.2 Å². The fraction of sp³-hybridized carbons (Fsp3) is 0.364. The highest BCUT2D eigenvalue weighted by molar-refractivity contribution is 7.92. The Bertz CT molecular complexity index is 1120. The Kier molecular flexibility index (Phi) is 5.38. The Morgan fingerprint density at radius 1 is 1.21 bits per heavy atom. The van der Waals surface area contributed by atoms with Gasteiger partial charge < -0.3 is 9.73 Å². The minimum Gasteiger partial charge on any atom is -0.464 e. The Hall–Kier alpha value is -2.35. The van der Waals surface area contributed by atoms with E-state index >= 15 is 0 Å². The van der Waals surface area contributed by atoms with Crippen molar-refractivity contribution in [3.63, 3.8) is 0 Å². The van der Waals surface area contributed by atoms with Crippen LogP contribution < -0.4 is 10.0 Å². The zero-order valence-corrected chi connectivity index (χ0v) is 17.8. The molecule has 0 spiro atoms. The molecule has 2 heterocycles. The van der Waals surface area contributed by atoms with E-state index in [1.165, 1.54) is 0 Å². The minimum atomic E-state index is -3.72. The van der Waals surface area contributed by atoms with Gasteiger partial charge in [0.25, 0.3) is 10.0 Å². The van der Waals surface area contributed by atoms with Gasteiger partial charge in [0, 0.05) is 42.7 Å². The van der Waals surface area contributed by atoms with E-state index in [1.54, 1.807) is 24.5 Å². The third-order valence-electron chi connectivity index (χ3n) is 5.57. The van der Waals surface area contributed by atoms with Crippen molar-refractivity contribution < 1.29 is 12.8 Å². The molecule has 1 saturated heterocycles. The highest BCUT2D eigenvalue weighted by Crippen LogP contribution is 2.28. The molecule has 154 valence electrons. The standard InChI is InChI=1S/C22H27N3O3S/c1-15-6-4-5-7-21(15)24-29(26,27)20-10-18-8-9-28-22(18)19(11-20)14-25-13-16(2)23-12-17(25)3/h4-11,16-17,23-24H,12-14H2,1-3H3. The van der Waals surface area contributed by atoms with E-state index in [4.69, 9.17) is 4.42 Å². The fourth-order valence-electron chi connectivity index (χ4n) is 3.83. The average molecular weight is 414 g/mol. The van der Waals surface area contributed by atoms with Crippen LogP contribution in [0.3, 0.4) is 0 Å². The molecule has 4 rings (SSSR count). The lowest BCUT2D eigenvalue weighted by Gasteiger charge is -2.37. The largest absolute Gasteiger partial charge is 0.464 e. The maximum Gasteiger partial charge on any atom is 0.261 e. The number of sulfonamides is 1. The first-order valence-corrected chi connectivity index (χ1v) is 11.4. The lowest BCUT2D eigenvalue weighted by Crippen LogP contribution is -2.53. The van der Waals surface area contributed by atoms with Crippen molar-refractivity contribution in [1.29, 1.82) is 0 Å². The van der Waals surface area contributed by atoms with E-state index in [1.807, 2.05) is 31.2 Å². The number of piperazine rings is 1. The van der Waals surface area contributed by atoms with Gasteiger partial charge in [-0.25, -0.2) is 8.42 Å². The summed E-state index contributed by atoms with van der Waals surface area (Å²) in [5.74, 6) is 0. The van der Waals surface area contributed by atoms with Crippen molar-refractivity contribution in [2.24, 2.45) is 0 Å². The number of rotatable bonds is 5. The van der Waals surface area contributed by atoms with E-state index in [-0.39, 0.29) is 4.90 Å². The van der Waals surface area contributed by atoms with Crippen LogP contribution in [-0.4, -0.2) is 38.5 Å². The second-order valence-electron chi connectivity index (χ2n) is 7.93. The second-order valence-corrected chi connectivity index (χ2v) is 9.61. The number of hydrogen-bond acceptors (Lipinski definition) is 5. The topological polar surface area (TPSA) is 74.6 Å². The molecule has 0 amide bonds. The van der Waals surface area contributed by atoms with Crippen molar-refractivity contribution in [3.05, 3.63) is 59.9 Å². The number of nitrogens with one attached hydrogen (secondary N) is 2. The van der Waals surface area contributed by atoms with E-state index in [0.717, 1.165) is 35.2 Å². The number of para-hydroxylation sites is 1. The normalized spacial score (nSPS) is 20.8. The van der Waals surface area contributed by atoms with Crippen LogP contribution in [0.2, 0.25) is 0 Å². The van der Waals surface area contributed by atoms with Crippen LogP contribution in [0.5, 0.6) is 0 Å². The molecule has 29 heavy (non-hydrogen) atoms. The maximum absolute atomic E-state index is 13.1. The van der Waals surface area contributed by atoms with Gasteiger partial charge in [-0.2, -0.15) is 0 Å². The van der Waals surface area contributed by atoms with Crippen LogP contribution in [0.1, 0.15) is 25.0 Å². The SMILES string of the molecule is Cc1ccccc1NS(=O)(=O)c1cc(CN2CC(C)NCC2C)c2occc2c1. The zero-order chi connectivity index (χ0) is 20.6. The van der Waals surface area contributed by atoms with Gasteiger partial charge in [-0.05, 0) is 50.6 Å². The predicted octanol–water partition coefficient (Wildman–Crippen LogP) is 3.72. The van der Waals surface area contributed by atoms with Gasteiger partial charge in [-0.15, -0.1) is 0 Å². The molecule has 1 aromatic heterocycles. The molecule has 1 fully saturated rings. The molecule has 2 aromatic carbocycles. The van der Waals surface area contributed by atoms with Crippen molar-refractivity contribution in [2.75, 3.05) is 17.8 Å². The summed E-state index contributed by atoms with van der Waals surface area (Å²) >= 11 is 0. The van der Waals surface area contributed by atoms with Crippen molar-refractivity contribution in [3.8, 4) is 0 Å². The Labute approximate surface area is 171 Å². The first kappa shape index (κ1) is 19.9. The van der Waals surface area contributed by atoms with Gasteiger partial charge in [0.2, 0.25) is 0 Å². The molecule has 7 heteroatoms. The molecule has 2 atom stereocenters. The molecule has 6 nitrogen and oxygen atoms in total. The second kappa shape index (κ2) is 7.82. The fourth-order valence-corrected chi connectivity index (χ4v) is 5.04. The lowest BCUT2D eigenvalue weighted by atomic mass is 10.1. The molecule has 3 aromatic rings. The number of nitrogens with zero attached hydrogens (tertiary/aromatic N) is 1. The van der Waals surface area contributed by atoms with Gasteiger partial charge in [0.1, 0.15) is 5.58 Å². The van der Waals surface area contributed by atoms with Gasteiger partial charge in [0.05, 0.1) is 16.8 Å². The van der Waals surface area contributed by atoms with Gasteiger partial charge in [-0.3, -0.25) is 9.62 Å². The van der Waals surface area contributed by atoms with Crippen LogP contribution in [0.15, 0.2) is 58.0 Å². The molecular weight excluding hydrogens is 386 g/mol.